The van der Waals surface area contributed by atoms with Crippen LogP contribution in [0, 0.1) is 6.92 Å². The standard InChI is InChI=1S/C15H11ClF3N3O2/c1-7-10-12(23)13(24)11(8-4-2-3-5-9(8)16)20-14(10)22(21-7)6-15(17,18)19/h2-5,24H,6H2,1H3,(H,20,23). The first-order chi connectivity index (χ1) is 11.2. The van der Waals surface area contributed by atoms with Crippen molar-refractivity contribution < 1.29 is 18.3 Å². The highest BCUT2D eigenvalue weighted by Crippen LogP contribution is 2.33. The predicted octanol–water partition coefficient (Wildman–Crippen LogP) is 3.62. The lowest BCUT2D eigenvalue weighted by molar-refractivity contribution is -0.141. The molecule has 0 spiro atoms. The second-order valence-electron chi connectivity index (χ2n) is 5.24. The van der Waals surface area contributed by atoms with Gasteiger partial charge in [-0.15, -0.1) is 0 Å². The summed E-state index contributed by atoms with van der Waals surface area (Å²) in [5.74, 6) is -0.620. The number of aromatic nitrogens is 3. The Labute approximate surface area is 138 Å². The van der Waals surface area contributed by atoms with E-state index in [0.717, 1.165) is 0 Å². The summed E-state index contributed by atoms with van der Waals surface area (Å²) in [6.45, 7) is 0.0407. The molecule has 2 aromatic heterocycles. The van der Waals surface area contributed by atoms with Crippen LogP contribution in [0.25, 0.3) is 22.3 Å². The summed E-state index contributed by atoms with van der Waals surface area (Å²) in [6, 6.07) is 6.35. The third kappa shape index (κ3) is 2.73. The number of fused-ring (bicyclic) bond motifs is 1. The van der Waals surface area contributed by atoms with Crippen LogP contribution in [0.3, 0.4) is 0 Å². The van der Waals surface area contributed by atoms with Crippen LogP contribution in [0.4, 0.5) is 13.2 Å². The molecular formula is C15H11ClF3N3O2. The summed E-state index contributed by atoms with van der Waals surface area (Å²) in [7, 11) is 0. The van der Waals surface area contributed by atoms with Crippen molar-refractivity contribution in [3.63, 3.8) is 0 Å². The minimum atomic E-state index is -4.51. The van der Waals surface area contributed by atoms with Gasteiger partial charge in [0.25, 0.3) is 0 Å². The van der Waals surface area contributed by atoms with E-state index in [1.54, 1.807) is 12.1 Å². The van der Waals surface area contributed by atoms with Gasteiger partial charge in [-0.3, -0.25) is 4.79 Å². The number of aryl methyl sites for hydroxylation is 1. The highest BCUT2D eigenvalue weighted by Gasteiger charge is 2.31. The Hall–Kier alpha value is -2.48. The van der Waals surface area contributed by atoms with E-state index in [4.69, 9.17) is 11.6 Å². The van der Waals surface area contributed by atoms with E-state index in [1.807, 2.05) is 0 Å². The van der Waals surface area contributed by atoms with Crippen LogP contribution >= 0.6 is 11.6 Å². The maximum absolute atomic E-state index is 12.7. The van der Waals surface area contributed by atoms with Gasteiger partial charge in [0.2, 0.25) is 5.43 Å². The molecule has 126 valence electrons. The number of pyridine rings is 1. The normalized spacial score (nSPS) is 12.0. The number of aromatic hydroxyl groups is 1. The molecule has 0 atom stereocenters. The molecule has 9 heteroatoms. The van der Waals surface area contributed by atoms with Crippen molar-refractivity contribution in [2.45, 2.75) is 19.6 Å². The lowest BCUT2D eigenvalue weighted by Gasteiger charge is -2.10. The minimum absolute atomic E-state index is 0.0542. The van der Waals surface area contributed by atoms with Crippen molar-refractivity contribution >= 4 is 22.6 Å². The van der Waals surface area contributed by atoms with Crippen LogP contribution in [0.15, 0.2) is 29.1 Å². The van der Waals surface area contributed by atoms with Crippen LogP contribution in [-0.2, 0) is 6.54 Å². The number of nitrogens with zero attached hydrogens (tertiary/aromatic N) is 2. The van der Waals surface area contributed by atoms with Crippen molar-refractivity contribution in [2.24, 2.45) is 0 Å². The SMILES string of the molecule is Cc1nn(CC(F)(F)F)c2[nH]c(-c3ccccc3Cl)c(O)c(=O)c12. The number of hydrogen-bond acceptors (Lipinski definition) is 3. The second-order valence-corrected chi connectivity index (χ2v) is 5.65. The molecule has 0 saturated heterocycles. The number of alkyl halides is 3. The molecule has 0 aliphatic rings. The van der Waals surface area contributed by atoms with Gasteiger partial charge in [-0.05, 0) is 13.0 Å². The lowest BCUT2D eigenvalue weighted by Crippen LogP contribution is -2.19. The lowest BCUT2D eigenvalue weighted by atomic mass is 10.1. The molecule has 0 unspecified atom stereocenters. The largest absolute Gasteiger partial charge is 0.503 e. The van der Waals surface area contributed by atoms with E-state index in [1.165, 1.54) is 19.1 Å². The zero-order chi connectivity index (χ0) is 17.6. The Morgan fingerprint density at radius 2 is 2.00 bits per heavy atom. The average Bonchev–Trinajstić information content (AvgIpc) is 2.77. The van der Waals surface area contributed by atoms with E-state index < -0.39 is 23.9 Å². The molecule has 24 heavy (non-hydrogen) atoms. The average molecular weight is 358 g/mol. The van der Waals surface area contributed by atoms with Crippen molar-refractivity contribution in [2.75, 3.05) is 0 Å². The van der Waals surface area contributed by atoms with Gasteiger partial charge in [-0.2, -0.15) is 18.3 Å². The zero-order valence-electron chi connectivity index (χ0n) is 12.3. The Balaban J connectivity index is 2.34. The maximum atomic E-state index is 12.7. The van der Waals surface area contributed by atoms with Gasteiger partial charge in [0.1, 0.15) is 12.2 Å². The number of H-pyrrole nitrogens is 1. The fourth-order valence-corrected chi connectivity index (χ4v) is 2.76. The first-order valence-electron chi connectivity index (χ1n) is 6.83. The van der Waals surface area contributed by atoms with Gasteiger partial charge in [-0.1, -0.05) is 29.8 Å². The fraction of sp³-hybridized carbons (Fsp3) is 0.200. The summed E-state index contributed by atoms with van der Waals surface area (Å²) in [5, 5.41) is 14.1. The number of halogens is 4. The summed E-state index contributed by atoms with van der Waals surface area (Å²) in [5.41, 5.74) is -0.585. The smallest absolute Gasteiger partial charge is 0.408 e. The zero-order valence-corrected chi connectivity index (χ0v) is 13.0. The molecule has 2 N–H and O–H groups in total. The Bertz CT molecular complexity index is 992. The quantitative estimate of drug-likeness (QED) is 0.736. The fourth-order valence-electron chi connectivity index (χ4n) is 2.53. The number of benzene rings is 1. The Morgan fingerprint density at radius 1 is 1.33 bits per heavy atom. The summed E-state index contributed by atoms with van der Waals surface area (Å²) in [4.78, 5) is 15.1. The summed E-state index contributed by atoms with van der Waals surface area (Å²) >= 11 is 6.05. The molecule has 0 aliphatic heterocycles. The molecule has 0 bridgehead atoms. The third-order valence-electron chi connectivity index (χ3n) is 3.52. The molecule has 0 fully saturated rings. The molecular weight excluding hydrogens is 347 g/mol. The van der Waals surface area contributed by atoms with Gasteiger partial charge >= 0.3 is 6.18 Å². The molecule has 0 radical (unpaired) electrons. The van der Waals surface area contributed by atoms with Crippen LogP contribution < -0.4 is 5.43 Å². The molecule has 3 rings (SSSR count). The first kappa shape index (κ1) is 16.4. The number of nitrogens with one attached hydrogen (secondary N) is 1. The second kappa shape index (κ2) is 5.55. The highest BCUT2D eigenvalue weighted by molar-refractivity contribution is 6.33. The van der Waals surface area contributed by atoms with E-state index in [-0.39, 0.29) is 27.4 Å². The molecule has 0 aliphatic carbocycles. The first-order valence-corrected chi connectivity index (χ1v) is 7.21. The van der Waals surface area contributed by atoms with Gasteiger partial charge in [0.15, 0.2) is 5.75 Å². The topological polar surface area (TPSA) is 70.9 Å². The number of rotatable bonds is 2. The molecule has 5 nitrogen and oxygen atoms in total. The summed E-state index contributed by atoms with van der Waals surface area (Å²) < 4.78 is 38.8. The Kier molecular flexibility index (Phi) is 3.79. The third-order valence-corrected chi connectivity index (χ3v) is 3.85. The van der Waals surface area contributed by atoms with Crippen LogP contribution in [0.1, 0.15) is 5.69 Å². The van der Waals surface area contributed by atoms with E-state index in [0.29, 0.717) is 10.2 Å². The maximum Gasteiger partial charge on any atom is 0.408 e. The van der Waals surface area contributed by atoms with Gasteiger partial charge in [0.05, 0.1) is 21.8 Å². The molecule has 3 aromatic rings. The molecule has 1 aromatic carbocycles. The van der Waals surface area contributed by atoms with Crippen LogP contribution in [-0.4, -0.2) is 26.0 Å². The number of hydrogen-bond donors (Lipinski definition) is 2. The molecule has 2 heterocycles. The van der Waals surface area contributed by atoms with Crippen LogP contribution in [0.2, 0.25) is 5.02 Å². The molecule has 0 amide bonds. The van der Waals surface area contributed by atoms with Crippen LogP contribution in [0.5, 0.6) is 5.75 Å². The van der Waals surface area contributed by atoms with Gasteiger partial charge in [0, 0.05) is 5.56 Å². The van der Waals surface area contributed by atoms with E-state index in [9.17, 15) is 23.1 Å². The van der Waals surface area contributed by atoms with E-state index >= 15 is 0 Å². The summed E-state index contributed by atoms with van der Waals surface area (Å²) in [6.07, 6.45) is -4.51. The van der Waals surface area contributed by atoms with Crippen molar-refractivity contribution in [1.29, 1.82) is 0 Å². The van der Waals surface area contributed by atoms with E-state index in [2.05, 4.69) is 10.1 Å². The van der Waals surface area contributed by atoms with Gasteiger partial charge in [-0.25, -0.2) is 4.68 Å². The molecule has 0 saturated carbocycles. The predicted molar refractivity (Wildman–Crippen MR) is 83.3 cm³/mol. The highest BCUT2D eigenvalue weighted by atomic mass is 35.5. The Morgan fingerprint density at radius 3 is 2.62 bits per heavy atom. The van der Waals surface area contributed by atoms with Crippen molar-refractivity contribution in [3.05, 3.63) is 45.2 Å². The van der Waals surface area contributed by atoms with Crippen molar-refractivity contribution in [3.8, 4) is 17.0 Å². The van der Waals surface area contributed by atoms with Crippen molar-refractivity contribution in [1.82, 2.24) is 14.8 Å². The van der Waals surface area contributed by atoms with Gasteiger partial charge < -0.3 is 10.1 Å². The minimum Gasteiger partial charge on any atom is -0.503 e. The monoisotopic (exact) mass is 357 g/mol. The number of aromatic amines is 1.